The molecule has 2 fully saturated rings. The van der Waals surface area contributed by atoms with Gasteiger partial charge in [0.05, 0.1) is 0 Å². The van der Waals surface area contributed by atoms with Crippen LogP contribution >= 0.6 is 0 Å². The molecule has 1 atom stereocenters. The standard InChI is InChI=1S/C16H30N2O/c1-3-14(2)12-17-9-10-18(15-6-4-5-7-15)16(13-17)8-11-19/h3,15-16,19H,4-13H2,1-2H3/b14-3+. The maximum atomic E-state index is 9.34. The molecule has 3 nitrogen and oxygen atoms in total. The van der Waals surface area contributed by atoms with E-state index < -0.39 is 0 Å². The van der Waals surface area contributed by atoms with E-state index in [0.717, 1.165) is 25.6 Å². The molecule has 0 spiro atoms. The van der Waals surface area contributed by atoms with Crippen molar-refractivity contribution in [2.24, 2.45) is 0 Å². The van der Waals surface area contributed by atoms with E-state index in [-0.39, 0.29) is 0 Å². The van der Waals surface area contributed by atoms with Gasteiger partial charge in [0.25, 0.3) is 0 Å². The molecule has 0 aromatic rings. The Kier molecular flexibility index (Phi) is 5.86. The second-order valence-electron chi connectivity index (χ2n) is 6.21. The Labute approximate surface area is 118 Å². The van der Waals surface area contributed by atoms with Crippen LogP contribution in [0.1, 0.15) is 46.0 Å². The smallest absolute Gasteiger partial charge is 0.0446 e. The molecule has 1 saturated heterocycles. The van der Waals surface area contributed by atoms with E-state index in [9.17, 15) is 5.11 Å². The highest BCUT2D eigenvalue weighted by Gasteiger charge is 2.32. The minimum Gasteiger partial charge on any atom is -0.396 e. The van der Waals surface area contributed by atoms with Gasteiger partial charge in [-0.15, -0.1) is 0 Å². The average molecular weight is 266 g/mol. The van der Waals surface area contributed by atoms with Crippen LogP contribution in [0.5, 0.6) is 0 Å². The number of rotatable bonds is 5. The predicted molar refractivity (Wildman–Crippen MR) is 80.3 cm³/mol. The molecule has 3 heteroatoms. The highest BCUT2D eigenvalue weighted by Crippen LogP contribution is 2.28. The third kappa shape index (κ3) is 4.04. The van der Waals surface area contributed by atoms with Gasteiger partial charge in [-0.1, -0.05) is 24.5 Å². The molecular formula is C16H30N2O. The molecule has 0 bridgehead atoms. The van der Waals surface area contributed by atoms with Crippen LogP contribution in [0.2, 0.25) is 0 Å². The van der Waals surface area contributed by atoms with Gasteiger partial charge in [0.15, 0.2) is 0 Å². The maximum Gasteiger partial charge on any atom is 0.0446 e. The van der Waals surface area contributed by atoms with Crippen molar-refractivity contribution < 1.29 is 5.11 Å². The van der Waals surface area contributed by atoms with Crippen molar-refractivity contribution >= 4 is 0 Å². The van der Waals surface area contributed by atoms with Gasteiger partial charge in [0.2, 0.25) is 0 Å². The molecule has 1 unspecified atom stereocenters. The molecule has 0 aromatic heterocycles. The number of aliphatic hydroxyl groups is 1. The first-order valence-corrected chi connectivity index (χ1v) is 7.95. The maximum absolute atomic E-state index is 9.34. The second kappa shape index (κ2) is 7.41. The lowest BCUT2D eigenvalue weighted by Gasteiger charge is -2.44. The van der Waals surface area contributed by atoms with Gasteiger partial charge in [-0.3, -0.25) is 9.80 Å². The lowest BCUT2D eigenvalue weighted by molar-refractivity contribution is 0.0337. The Morgan fingerprint density at radius 3 is 2.63 bits per heavy atom. The number of hydrogen-bond donors (Lipinski definition) is 1. The first-order chi connectivity index (χ1) is 9.24. The third-order valence-electron chi connectivity index (χ3n) is 4.83. The van der Waals surface area contributed by atoms with Crippen molar-refractivity contribution in [3.63, 3.8) is 0 Å². The SMILES string of the molecule is C/C=C(\C)CN1CCN(C2CCCC2)C(CCO)C1. The number of hydrogen-bond acceptors (Lipinski definition) is 3. The Hall–Kier alpha value is -0.380. The van der Waals surface area contributed by atoms with Crippen LogP contribution < -0.4 is 0 Å². The third-order valence-corrected chi connectivity index (χ3v) is 4.83. The van der Waals surface area contributed by atoms with Crippen molar-refractivity contribution in [3.05, 3.63) is 11.6 Å². The summed E-state index contributed by atoms with van der Waals surface area (Å²) in [5.74, 6) is 0. The summed E-state index contributed by atoms with van der Waals surface area (Å²) in [4.78, 5) is 5.26. The average Bonchev–Trinajstić information content (AvgIpc) is 2.93. The molecule has 0 radical (unpaired) electrons. The highest BCUT2D eigenvalue weighted by molar-refractivity contribution is 5.00. The van der Waals surface area contributed by atoms with Crippen molar-refractivity contribution in [3.8, 4) is 0 Å². The zero-order chi connectivity index (χ0) is 13.7. The van der Waals surface area contributed by atoms with E-state index in [4.69, 9.17) is 0 Å². The van der Waals surface area contributed by atoms with Crippen LogP contribution in [0.25, 0.3) is 0 Å². The number of allylic oxidation sites excluding steroid dienone is 1. The first kappa shape index (κ1) is 15.0. The van der Waals surface area contributed by atoms with Crippen molar-refractivity contribution in [2.45, 2.75) is 58.0 Å². The minimum atomic E-state index is 0.324. The van der Waals surface area contributed by atoms with Crippen molar-refractivity contribution in [2.75, 3.05) is 32.8 Å². The van der Waals surface area contributed by atoms with Crippen molar-refractivity contribution in [1.82, 2.24) is 9.80 Å². The largest absolute Gasteiger partial charge is 0.396 e. The zero-order valence-electron chi connectivity index (χ0n) is 12.6. The molecule has 1 heterocycles. The van der Waals surface area contributed by atoms with Gasteiger partial charge in [-0.25, -0.2) is 0 Å². The van der Waals surface area contributed by atoms with Crippen LogP contribution in [0.3, 0.4) is 0 Å². The summed E-state index contributed by atoms with van der Waals surface area (Å²) in [5.41, 5.74) is 1.46. The molecule has 2 rings (SSSR count). The molecule has 1 N–H and O–H groups in total. The lowest BCUT2D eigenvalue weighted by Crippen LogP contribution is -2.56. The number of aliphatic hydroxyl groups excluding tert-OH is 1. The molecule has 110 valence electrons. The van der Waals surface area contributed by atoms with Crippen LogP contribution in [-0.2, 0) is 0 Å². The quantitative estimate of drug-likeness (QED) is 0.773. The van der Waals surface area contributed by atoms with Gasteiger partial charge in [0, 0.05) is 44.9 Å². The molecule has 0 amide bonds. The van der Waals surface area contributed by atoms with E-state index in [0.29, 0.717) is 12.6 Å². The summed E-state index contributed by atoms with van der Waals surface area (Å²) in [6.45, 7) is 9.25. The molecule has 2 aliphatic rings. The molecule has 1 aliphatic heterocycles. The van der Waals surface area contributed by atoms with Gasteiger partial charge < -0.3 is 5.11 Å². The normalized spacial score (nSPS) is 28.2. The van der Waals surface area contributed by atoms with Crippen LogP contribution in [0, 0.1) is 0 Å². The zero-order valence-corrected chi connectivity index (χ0v) is 12.6. The van der Waals surface area contributed by atoms with Gasteiger partial charge in [-0.2, -0.15) is 0 Å². The monoisotopic (exact) mass is 266 g/mol. The summed E-state index contributed by atoms with van der Waals surface area (Å²) in [5, 5.41) is 9.34. The Balaban J connectivity index is 1.92. The van der Waals surface area contributed by atoms with Crippen LogP contribution in [0.4, 0.5) is 0 Å². The van der Waals surface area contributed by atoms with Crippen LogP contribution in [0.15, 0.2) is 11.6 Å². The lowest BCUT2D eigenvalue weighted by atomic mass is 10.0. The summed E-state index contributed by atoms with van der Waals surface area (Å²) in [7, 11) is 0. The molecule has 19 heavy (non-hydrogen) atoms. The van der Waals surface area contributed by atoms with Gasteiger partial charge >= 0.3 is 0 Å². The topological polar surface area (TPSA) is 26.7 Å². The van der Waals surface area contributed by atoms with Crippen molar-refractivity contribution in [1.29, 1.82) is 0 Å². The minimum absolute atomic E-state index is 0.324. The van der Waals surface area contributed by atoms with E-state index in [1.807, 2.05) is 0 Å². The Morgan fingerprint density at radius 2 is 2.00 bits per heavy atom. The van der Waals surface area contributed by atoms with E-state index >= 15 is 0 Å². The molecule has 1 saturated carbocycles. The summed E-state index contributed by atoms with van der Waals surface area (Å²) < 4.78 is 0. The first-order valence-electron chi connectivity index (χ1n) is 7.95. The number of nitrogens with zero attached hydrogens (tertiary/aromatic N) is 2. The fourth-order valence-electron chi connectivity index (χ4n) is 3.64. The van der Waals surface area contributed by atoms with Gasteiger partial charge in [0.1, 0.15) is 0 Å². The highest BCUT2D eigenvalue weighted by atomic mass is 16.3. The fourth-order valence-corrected chi connectivity index (χ4v) is 3.64. The fraction of sp³-hybridized carbons (Fsp3) is 0.875. The summed E-state index contributed by atoms with van der Waals surface area (Å²) in [6.07, 6.45) is 8.68. The Morgan fingerprint density at radius 1 is 1.26 bits per heavy atom. The Bertz CT molecular complexity index is 297. The van der Waals surface area contributed by atoms with Gasteiger partial charge in [-0.05, 0) is 33.1 Å². The van der Waals surface area contributed by atoms with E-state index in [1.165, 1.54) is 44.3 Å². The van der Waals surface area contributed by atoms with E-state index in [2.05, 4.69) is 29.7 Å². The molecular weight excluding hydrogens is 236 g/mol. The molecule has 0 aromatic carbocycles. The van der Waals surface area contributed by atoms with Crippen LogP contribution in [-0.4, -0.2) is 59.8 Å². The molecule has 1 aliphatic carbocycles. The summed E-state index contributed by atoms with van der Waals surface area (Å²) >= 11 is 0. The van der Waals surface area contributed by atoms with E-state index in [1.54, 1.807) is 0 Å². The predicted octanol–water partition coefficient (Wildman–Crippen LogP) is 2.26. The number of piperazine rings is 1. The second-order valence-corrected chi connectivity index (χ2v) is 6.21. The summed E-state index contributed by atoms with van der Waals surface area (Å²) in [6, 6.07) is 1.35.